The summed E-state index contributed by atoms with van der Waals surface area (Å²) in [6.07, 6.45) is 13.5. The number of aryl methyl sites for hydroxylation is 2. The summed E-state index contributed by atoms with van der Waals surface area (Å²) in [6, 6.07) is 4.03. The van der Waals surface area contributed by atoms with Crippen LogP contribution in [-0.2, 0) is 12.8 Å². The van der Waals surface area contributed by atoms with Crippen molar-refractivity contribution in [2.75, 3.05) is 0 Å². The first kappa shape index (κ1) is 23.8. The van der Waals surface area contributed by atoms with E-state index in [-0.39, 0.29) is 11.9 Å². The molecule has 1 N–H and O–H groups in total. The number of hydrogen-bond donors (Lipinski definition) is 1. The van der Waals surface area contributed by atoms with Crippen LogP contribution in [0.4, 0.5) is 5.00 Å². The molecule has 0 unspecified atom stereocenters. The van der Waals surface area contributed by atoms with Crippen LogP contribution in [-0.4, -0.2) is 28.1 Å². The van der Waals surface area contributed by atoms with E-state index in [1.54, 1.807) is 23.7 Å². The van der Waals surface area contributed by atoms with Crippen molar-refractivity contribution in [1.82, 2.24) is 15.3 Å². The zero-order valence-corrected chi connectivity index (χ0v) is 22.3. The quantitative estimate of drug-likeness (QED) is 0.259. The Balaban J connectivity index is 1.38. The lowest BCUT2D eigenvalue weighted by Gasteiger charge is -2.23. The summed E-state index contributed by atoms with van der Waals surface area (Å²) in [4.78, 5) is 28.1. The Morgan fingerprint density at radius 3 is 2.91 bits per heavy atom. The first-order valence-electron chi connectivity index (χ1n) is 11.8. The number of carbonyl (C=O) groups is 1. The van der Waals surface area contributed by atoms with Crippen LogP contribution in [0, 0.1) is 6.92 Å². The van der Waals surface area contributed by atoms with E-state index in [0.29, 0.717) is 16.0 Å². The van der Waals surface area contributed by atoms with Crippen molar-refractivity contribution in [3.05, 3.63) is 50.3 Å². The molecule has 3 aromatic rings. The van der Waals surface area contributed by atoms with Gasteiger partial charge in [-0.25, -0.2) is 15.0 Å². The molecule has 5 rings (SSSR count). The lowest BCUT2D eigenvalue weighted by atomic mass is 9.93. The molecule has 3 aromatic heterocycles. The third-order valence-electron chi connectivity index (χ3n) is 6.26. The van der Waals surface area contributed by atoms with Gasteiger partial charge in [0.25, 0.3) is 5.91 Å². The van der Waals surface area contributed by atoms with E-state index in [2.05, 4.69) is 31.2 Å². The minimum atomic E-state index is 0.0342. The Bertz CT molecular complexity index is 1210. The minimum Gasteiger partial charge on any atom is -0.447 e. The maximum absolute atomic E-state index is 13.3. The van der Waals surface area contributed by atoms with Crippen molar-refractivity contribution in [3.63, 3.8) is 0 Å². The Labute approximate surface area is 216 Å². The molecule has 6 nitrogen and oxygen atoms in total. The van der Waals surface area contributed by atoms with E-state index in [1.165, 1.54) is 47.9 Å². The molecule has 0 aromatic carbocycles. The molecular weight excluding hydrogens is 532 g/mol. The lowest BCUT2D eigenvalue weighted by Crippen LogP contribution is -2.36. The van der Waals surface area contributed by atoms with Crippen molar-refractivity contribution >= 4 is 56.2 Å². The topological polar surface area (TPSA) is 80.4 Å². The fourth-order valence-electron chi connectivity index (χ4n) is 4.56. The van der Waals surface area contributed by atoms with Crippen molar-refractivity contribution in [1.29, 1.82) is 0 Å². The van der Waals surface area contributed by atoms with Crippen LogP contribution >= 0.6 is 39.0 Å². The Hall–Kier alpha value is -1.97. The van der Waals surface area contributed by atoms with Crippen LogP contribution in [0.5, 0.6) is 0 Å². The Kier molecular flexibility index (Phi) is 7.51. The van der Waals surface area contributed by atoms with Crippen molar-refractivity contribution in [2.24, 2.45) is 4.99 Å². The molecule has 9 heteroatoms. The third kappa shape index (κ3) is 5.47. The molecule has 1 saturated carbocycles. The summed E-state index contributed by atoms with van der Waals surface area (Å²) >= 11 is 6.58. The maximum Gasteiger partial charge on any atom is 0.254 e. The van der Waals surface area contributed by atoms with Gasteiger partial charge in [-0.2, -0.15) is 0 Å². The van der Waals surface area contributed by atoms with Crippen molar-refractivity contribution in [3.8, 4) is 0 Å². The standard InChI is InChI=1S/C25H27BrN4O2S2/c1-15-11-12-27-25(29-15)34-24-19(26)13-17(32-24)14-28-23-21(18-9-5-6-10-20(18)33-23)22(31)30-16-7-3-2-4-8-16/h11-14,16H,2-10H2,1H3,(H,30,31). The van der Waals surface area contributed by atoms with Gasteiger partial charge < -0.3 is 9.73 Å². The van der Waals surface area contributed by atoms with Crippen molar-refractivity contribution in [2.45, 2.75) is 81.0 Å². The number of aliphatic imine (C=N–C) groups is 1. The van der Waals surface area contributed by atoms with Gasteiger partial charge in [-0.3, -0.25) is 4.79 Å². The molecule has 2 aliphatic carbocycles. The van der Waals surface area contributed by atoms with Crippen LogP contribution in [0.1, 0.15) is 77.2 Å². The predicted octanol–water partition coefficient (Wildman–Crippen LogP) is 7.05. The normalized spacial score (nSPS) is 16.6. The molecule has 0 saturated heterocycles. The average Bonchev–Trinajstić information content (AvgIpc) is 3.38. The second-order valence-corrected chi connectivity index (χ2v) is 11.7. The summed E-state index contributed by atoms with van der Waals surface area (Å²) in [6.45, 7) is 1.93. The molecule has 34 heavy (non-hydrogen) atoms. The SMILES string of the molecule is Cc1ccnc(Sc2oc(C=Nc3sc4c(c3C(=O)NC3CCCCC3)CCCC4)cc2Br)n1. The van der Waals surface area contributed by atoms with Gasteiger partial charge in [-0.05, 0) is 84.8 Å². The van der Waals surface area contributed by atoms with E-state index >= 15 is 0 Å². The van der Waals surface area contributed by atoms with Crippen molar-refractivity contribution < 1.29 is 9.21 Å². The summed E-state index contributed by atoms with van der Waals surface area (Å²) < 4.78 is 6.82. The second kappa shape index (κ2) is 10.7. The van der Waals surface area contributed by atoms with Gasteiger partial charge >= 0.3 is 0 Å². The second-order valence-electron chi connectivity index (χ2n) is 8.82. The molecule has 1 amide bonds. The highest BCUT2D eigenvalue weighted by molar-refractivity contribution is 9.10. The van der Waals surface area contributed by atoms with E-state index in [9.17, 15) is 4.79 Å². The Morgan fingerprint density at radius 1 is 1.26 bits per heavy atom. The average molecular weight is 560 g/mol. The zero-order valence-electron chi connectivity index (χ0n) is 19.1. The number of nitrogens with one attached hydrogen (secondary N) is 1. The van der Waals surface area contributed by atoms with Gasteiger partial charge in [0.05, 0.1) is 16.3 Å². The van der Waals surface area contributed by atoms with Crippen LogP contribution in [0.25, 0.3) is 0 Å². The lowest BCUT2D eigenvalue weighted by molar-refractivity contribution is 0.0927. The number of halogens is 1. The number of aromatic nitrogens is 2. The van der Waals surface area contributed by atoms with Crippen LogP contribution in [0.3, 0.4) is 0 Å². The highest BCUT2D eigenvalue weighted by atomic mass is 79.9. The van der Waals surface area contributed by atoms with E-state index in [4.69, 9.17) is 9.41 Å². The van der Waals surface area contributed by atoms with E-state index in [0.717, 1.165) is 52.8 Å². The predicted molar refractivity (Wildman–Crippen MR) is 140 cm³/mol. The first-order valence-corrected chi connectivity index (χ1v) is 14.3. The van der Waals surface area contributed by atoms with Gasteiger partial charge in [0.15, 0.2) is 10.2 Å². The molecule has 0 spiro atoms. The summed E-state index contributed by atoms with van der Waals surface area (Å²) in [5, 5.41) is 5.39. The van der Waals surface area contributed by atoms with E-state index in [1.807, 2.05) is 19.1 Å². The number of amides is 1. The number of hydrogen-bond acceptors (Lipinski definition) is 7. The molecule has 3 heterocycles. The number of furan rings is 1. The summed E-state index contributed by atoms with van der Waals surface area (Å²) in [7, 11) is 0. The molecule has 1 fully saturated rings. The molecule has 0 atom stereocenters. The monoisotopic (exact) mass is 558 g/mol. The minimum absolute atomic E-state index is 0.0342. The van der Waals surface area contributed by atoms with Gasteiger partial charge in [0.2, 0.25) is 0 Å². The number of fused-ring (bicyclic) bond motifs is 1. The molecule has 0 radical (unpaired) electrons. The van der Waals surface area contributed by atoms with Crippen LogP contribution < -0.4 is 5.32 Å². The van der Waals surface area contributed by atoms with E-state index < -0.39 is 0 Å². The van der Waals surface area contributed by atoms with Gasteiger partial charge in [0.1, 0.15) is 10.8 Å². The number of carbonyl (C=O) groups excluding carboxylic acids is 1. The van der Waals surface area contributed by atoms with Gasteiger partial charge in [-0.1, -0.05) is 19.3 Å². The molecule has 178 valence electrons. The number of thiophene rings is 1. The molecular formula is C25H27BrN4O2S2. The smallest absolute Gasteiger partial charge is 0.254 e. The highest BCUT2D eigenvalue weighted by Gasteiger charge is 2.27. The molecule has 0 bridgehead atoms. The fourth-order valence-corrected chi connectivity index (χ4v) is 7.11. The molecule has 0 aliphatic heterocycles. The van der Waals surface area contributed by atoms with Gasteiger partial charge in [-0.15, -0.1) is 11.3 Å². The summed E-state index contributed by atoms with van der Waals surface area (Å²) in [5.41, 5.74) is 2.88. The third-order valence-corrected chi connectivity index (χ3v) is 9.18. The highest BCUT2D eigenvalue weighted by Crippen LogP contribution is 2.40. The Morgan fingerprint density at radius 2 is 2.09 bits per heavy atom. The molecule has 2 aliphatic rings. The number of nitrogens with zero attached hydrogens (tertiary/aromatic N) is 3. The zero-order chi connectivity index (χ0) is 23.5. The fraction of sp³-hybridized carbons (Fsp3) is 0.440. The maximum atomic E-state index is 13.3. The number of rotatable bonds is 6. The summed E-state index contributed by atoms with van der Waals surface area (Å²) in [5.74, 6) is 0.652. The van der Waals surface area contributed by atoms with Crippen LogP contribution in [0.15, 0.2) is 42.5 Å². The first-order chi connectivity index (χ1) is 16.6. The van der Waals surface area contributed by atoms with Gasteiger partial charge in [0, 0.05) is 28.9 Å². The van der Waals surface area contributed by atoms with Crippen LogP contribution in [0.2, 0.25) is 0 Å². The largest absolute Gasteiger partial charge is 0.447 e.